The summed E-state index contributed by atoms with van der Waals surface area (Å²) in [6.07, 6.45) is 4.01. The minimum Gasteiger partial charge on any atom is -0.355 e. The summed E-state index contributed by atoms with van der Waals surface area (Å²) in [5.74, 6) is 0.149. The van der Waals surface area contributed by atoms with Gasteiger partial charge in [0.25, 0.3) is 0 Å². The monoisotopic (exact) mass is 167 g/mol. The lowest BCUT2D eigenvalue weighted by Gasteiger charge is -2.30. The molecule has 3 nitrogen and oxygen atoms in total. The molecule has 1 heterocycles. The van der Waals surface area contributed by atoms with Crippen LogP contribution >= 0.6 is 0 Å². The van der Waals surface area contributed by atoms with Crippen LogP contribution in [0.15, 0.2) is 0 Å². The van der Waals surface area contributed by atoms with E-state index in [0.29, 0.717) is 6.42 Å². The van der Waals surface area contributed by atoms with Crippen LogP contribution in [0, 0.1) is 5.41 Å². The Bertz CT molecular complexity index is 237. The maximum atomic E-state index is 11.5. The van der Waals surface area contributed by atoms with Gasteiger partial charge < -0.3 is 5.32 Å². The molecule has 0 aromatic heterocycles. The van der Waals surface area contributed by atoms with E-state index in [1.807, 2.05) is 0 Å². The van der Waals surface area contributed by atoms with Crippen LogP contribution in [0.4, 0.5) is 0 Å². The first-order chi connectivity index (χ1) is 5.76. The third-order valence-electron chi connectivity index (χ3n) is 3.04. The highest BCUT2D eigenvalue weighted by molar-refractivity contribution is 6.07. The van der Waals surface area contributed by atoms with E-state index in [1.165, 1.54) is 0 Å². The van der Waals surface area contributed by atoms with Gasteiger partial charge in [0, 0.05) is 13.0 Å². The molecule has 0 radical (unpaired) electrons. The Hall–Kier alpha value is -0.860. The Morgan fingerprint density at radius 2 is 1.92 bits per heavy atom. The highest BCUT2D eigenvalue weighted by Crippen LogP contribution is 2.40. The zero-order valence-electron chi connectivity index (χ0n) is 7.06. The van der Waals surface area contributed by atoms with E-state index in [0.717, 1.165) is 32.2 Å². The minimum atomic E-state index is -0.599. The van der Waals surface area contributed by atoms with Crippen molar-refractivity contribution in [3.63, 3.8) is 0 Å². The lowest BCUT2D eigenvalue weighted by Crippen LogP contribution is -2.48. The van der Waals surface area contributed by atoms with Gasteiger partial charge in [-0.1, -0.05) is 0 Å². The Morgan fingerprint density at radius 1 is 1.17 bits per heavy atom. The molecule has 1 aliphatic carbocycles. The molecule has 2 aliphatic rings. The molecule has 1 spiro atoms. The average Bonchev–Trinajstić information content (AvgIpc) is 2.41. The van der Waals surface area contributed by atoms with Crippen LogP contribution < -0.4 is 5.32 Å². The first-order valence-electron chi connectivity index (χ1n) is 4.57. The largest absolute Gasteiger partial charge is 0.355 e. The van der Waals surface area contributed by atoms with Crippen molar-refractivity contribution >= 4 is 11.7 Å². The third-order valence-corrected chi connectivity index (χ3v) is 3.04. The van der Waals surface area contributed by atoms with E-state index in [9.17, 15) is 9.59 Å². The molecular formula is C9H13NO2. The molecule has 1 saturated carbocycles. The summed E-state index contributed by atoms with van der Waals surface area (Å²) in [7, 11) is 0. The second-order valence-electron chi connectivity index (χ2n) is 3.72. The van der Waals surface area contributed by atoms with Crippen LogP contribution in [-0.2, 0) is 9.59 Å². The van der Waals surface area contributed by atoms with Crippen molar-refractivity contribution < 1.29 is 9.59 Å². The van der Waals surface area contributed by atoms with Gasteiger partial charge in [0.15, 0.2) is 0 Å². The molecule has 1 N–H and O–H groups in total. The van der Waals surface area contributed by atoms with Crippen LogP contribution in [0.1, 0.15) is 32.1 Å². The quantitative estimate of drug-likeness (QED) is 0.538. The predicted octanol–water partition coefficient (Wildman–Crippen LogP) is 0.636. The molecule has 3 heteroatoms. The lowest BCUT2D eigenvalue weighted by atomic mass is 9.78. The fraction of sp³-hybridized carbons (Fsp3) is 0.778. The fourth-order valence-electron chi connectivity index (χ4n) is 2.31. The fourth-order valence-corrected chi connectivity index (χ4v) is 2.31. The summed E-state index contributed by atoms with van der Waals surface area (Å²) in [4.78, 5) is 23.0. The second kappa shape index (κ2) is 2.57. The Balaban J connectivity index is 2.27. The summed E-state index contributed by atoms with van der Waals surface area (Å²) in [5, 5.41) is 2.79. The molecule has 12 heavy (non-hydrogen) atoms. The van der Waals surface area contributed by atoms with Crippen molar-refractivity contribution in [2.75, 3.05) is 6.54 Å². The zero-order valence-corrected chi connectivity index (χ0v) is 7.06. The van der Waals surface area contributed by atoms with Gasteiger partial charge in [0.2, 0.25) is 5.91 Å². The third kappa shape index (κ3) is 0.886. The molecule has 2 rings (SSSR count). The van der Waals surface area contributed by atoms with Crippen LogP contribution in [-0.4, -0.2) is 18.2 Å². The molecule has 2 fully saturated rings. The number of ketones is 1. The maximum absolute atomic E-state index is 11.5. The SMILES string of the molecule is O=C1CCCC12CCCNC2=O. The number of carbonyl (C=O) groups excluding carboxylic acids is 2. The molecule has 1 saturated heterocycles. The number of hydrogen-bond acceptors (Lipinski definition) is 2. The lowest BCUT2D eigenvalue weighted by molar-refractivity contribution is -0.142. The topological polar surface area (TPSA) is 46.2 Å². The van der Waals surface area contributed by atoms with Gasteiger partial charge in [0.1, 0.15) is 11.2 Å². The first-order valence-corrected chi connectivity index (χ1v) is 4.57. The minimum absolute atomic E-state index is 0.0174. The standard InChI is InChI=1S/C9H13NO2/c11-7-3-1-4-9(7)5-2-6-10-8(9)12/h1-6H2,(H,10,12). The predicted molar refractivity (Wildman–Crippen MR) is 43.5 cm³/mol. The molecule has 0 aromatic carbocycles. The number of Topliss-reactive ketones (excluding diaryl/α,β-unsaturated/α-hetero) is 1. The van der Waals surface area contributed by atoms with Crippen molar-refractivity contribution in [1.29, 1.82) is 0 Å². The van der Waals surface area contributed by atoms with Crippen LogP contribution in [0.3, 0.4) is 0 Å². The normalized spacial score (nSPS) is 35.7. The van der Waals surface area contributed by atoms with Gasteiger partial charge in [-0.2, -0.15) is 0 Å². The Labute approximate surface area is 71.5 Å². The Morgan fingerprint density at radius 3 is 2.50 bits per heavy atom. The summed E-state index contributed by atoms with van der Waals surface area (Å²) >= 11 is 0. The number of rotatable bonds is 0. The van der Waals surface area contributed by atoms with E-state index < -0.39 is 5.41 Å². The molecule has 1 amide bonds. The smallest absolute Gasteiger partial charge is 0.233 e. The highest BCUT2D eigenvalue weighted by atomic mass is 16.2. The van der Waals surface area contributed by atoms with Gasteiger partial charge in [0.05, 0.1) is 0 Å². The summed E-state index contributed by atoms with van der Waals surface area (Å²) in [6, 6.07) is 0. The van der Waals surface area contributed by atoms with Crippen molar-refractivity contribution in [2.45, 2.75) is 32.1 Å². The van der Waals surface area contributed by atoms with E-state index in [-0.39, 0.29) is 11.7 Å². The average molecular weight is 167 g/mol. The van der Waals surface area contributed by atoms with Gasteiger partial charge in [-0.25, -0.2) is 0 Å². The molecule has 0 aromatic rings. The molecule has 1 atom stereocenters. The summed E-state index contributed by atoms with van der Waals surface area (Å²) in [5.41, 5.74) is -0.599. The van der Waals surface area contributed by atoms with E-state index in [4.69, 9.17) is 0 Å². The van der Waals surface area contributed by atoms with Gasteiger partial charge in [-0.15, -0.1) is 0 Å². The van der Waals surface area contributed by atoms with Crippen LogP contribution in [0.25, 0.3) is 0 Å². The number of piperidine rings is 1. The summed E-state index contributed by atoms with van der Waals surface area (Å²) in [6.45, 7) is 0.744. The molecule has 0 bridgehead atoms. The molecule has 1 unspecified atom stereocenters. The van der Waals surface area contributed by atoms with Gasteiger partial charge in [-0.05, 0) is 25.7 Å². The molecule has 1 aliphatic heterocycles. The maximum Gasteiger partial charge on any atom is 0.233 e. The number of amides is 1. The number of nitrogens with one attached hydrogen (secondary N) is 1. The zero-order chi connectivity index (χ0) is 8.60. The van der Waals surface area contributed by atoms with Crippen molar-refractivity contribution in [1.82, 2.24) is 5.32 Å². The van der Waals surface area contributed by atoms with E-state index >= 15 is 0 Å². The molecule has 66 valence electrons. The first kappa shape index (κ1) is 7.77. The van der Waals surface area contributed by atoms with Gasteiger partial charge in [-0.3, -0.25) is 9.59 Å². The van der Waals surface area contributed by atoms with E-state index in [2.05, 4.69) is 5.32 Å². The van der Waals surface area contributed by atoms with Gasteiger partial charge >= 0.3 is 0 Å². The second-order valence-corrected chi connectivity index (χ2v) is 3.72. The van der Waals surface area contributed by atoms with Crippen molar-refractivity contribution in [3.8, 4) is 0 Å². The summed E-state index contributed by atoms with van der Waals surface area (Å²) < 4.78 is 0. The van der Waals surface area contributed by atoms with Crippen molar-refractivity contribution in [3.05, 3.63) is 0 Å². The number of hydrogen-bond donors (Lipinski definition) is 1. The Kier molecular flexibility index (Phi) is 1.67. The van der Waals surface area contributed by atoms with Crippen LogP contribution in [0.5, 0.6) is 0 Å². The van der Waals surface area contributed by atoms with Crippen molar-refractivity contribution in [2.24, 2.45) is 5.41 Å². The molecular weight excluding hydrogens is 154 g/mol. The van der Waals surface area contributed by atoms with E-state index in [1.54, 1.807) is 0 Å². The van der Waals surface area contributed by atoms with Crippen LogP contribution in [0.2, 0.25) is 0 Å². The highest BCUT2D eigenvalue weighted by Gasteiger charge is 2.49. The number of carbonyl (C=O) groups is 2.